The molecule has 4 aromatic rings. The number of anilines is 1. The highest BCUT2D eigenvalue weighted by Gasteiger charge is 2.15. The first-order chi connectivity index (χ1) is 14.1. The molecule has 0 unspecified atom stereocenters. The van der Waals surface area contributed by atoms with Crippen LogP contribution in [-0.4, -0.2) is 16.1 Å². The van der Waals surface area contributed by atoms with E-state index in [1.807, 2.05) is 18.2 Å². The number of aromatic nitrogens is 2. The number of benzene rings is 2. The average Bonchev–Trinajstić information content (AvgIpc) is 3.39. The third-order valence-electron chi connectivity index (χ3n) is 3.88. The third kappa shape index (κ3) is 4.59. The molecule has 0 aliphatic carbocycles. The van der Waals surface area contributed by atoms with Gasteiger partial charge >= 0.3 is 0 Å². The van der Waals surface area contributed by atoms with Crippen LogP contribution in [0, 0.1) is 5.82 Å². The fourth-order valence-corrected chi connectivity index (χ4v) is 3.41. The van der Waals surface area contributed by atoms with E-state index < -0.39 is 0 Å². The summed E-state index contributed by atoms with van der Waals surface area (Å²) in [5.41, 5.74) is 1.41. The summed E-state index contributed by atoms with van der Waals surface area (Å²) in [6.07, 6.45) is 1.59. The maximum absolute atomic E-state index is 13.1. The molecule has 5 nitrogen and oxygen atoms in total. The van der Waals surface area contributed by atoms with Crippen molar-refractivity contribution >= 4 is 45.6 Å². The first-order valence-electron chi connectivity index (χ1n) is 8.52. The summed E-state index contributed by atoms with van der Waals surface area (Å²) in [4.78, 5) is 12.3. The molecule has 0 aliphatic heterocycles. The van der Waals surface area contributed by atoms with Crippen molar-refractivity contribution in [3.63, 3.8) is 0 Å². The van der Waals surface area contributed by atoms with Crippen LogP contribution in [0.15, 0.2) is 71.1 Å². The number of rotatable bonds is 5. The highest BCUT2D eigenvalue weighted by molar-refractivity contribution is 7.15. The molecule has 2 heterocycles. The largest absolute Gasteiger partial charge is 0.457 e. The highest BCUT2D eigenvalue weighted by Crippen LogP contribution is 2.28. The van der Waals surface area contributed by atoms with Crippen LogP contribution in [0.2, 0.25) is 0 Å². The predicted octanol–water partition coefficient (Wildman–Crippen LogP) is 5.93. The minimum atomic E-state index is -0.360. The lowest BCUT2D eigenvalue weighted by atomic mass is 10.2. The number of nitrogens with one attached hydrogen (secondary N) is 1. The van der Waals surface area contributed by atoms with E-state index in [0.29, 0.717) is 27.2 Å². The van der Waals surface area contributed by atoms with Crippen molar-refractivity contribution in [3.8, 4) is 11.3 Å². The van der Waals surface area contributed by atoms with E-state index in [4.69, 9.17) is 16.0 Å². The maximum Gasteiger partial charge on any atom is 0.286 e. The average molecular weight is 426 g/mol. The van der Waals surface area contributed by atoms with Crippen molar-refractivity contribution in [2.75, 3.05) is 5.32 Å². The zero-order valence-electron chi connectivity index (χ0n) is 14.8. The van der Waals surface area contributed by atoms with Crippen molar-refractivity contribution < 1.29 is 13.6 Å². The van der Waals surface area contributed by atoms with E-state index >= 15 is 0 Å². The quantitative estimate of drug-likeness (QED) is 0.430. The van der Waals surface area contributed by atoms with E-state index in [1.54, 1.807) is 42.5 Å². The minimum Gasteiger partial charge on any atom is -0.457 e. The summed E-state index contributed by atoms with van der Waals surface area (Å²) in [5.74, 6) is 0.411. The van der Waals surface area contributed by atoms with E-state index in [2.05, 4.69) is 15.5 Å². The molecule has 0 radical (unpaired) electrons. The fraction of sp³-hybridized carbons (Fsp3) is 0. The van der Waals surface area contributed by atoms with Crippen molar-refractivity contribution in [2.24, 2.45) is 0 Å². The van der Waals surface area contributed by atoms with Crippen LogP contribution < -0.4 is 5.32 Å². The topological polar surface area (TPSA) is 68.0 Å². The van der Waals surface area contributed by atoms with Gasteiger partial charge in [0.25, 0.3) is 5.91 Å². The molecule has 0 saturated carbocycles. The molecule has 0 atom stereocenters. The molecule has 0 saturated heterocycles. The maximum atomic E-state index is 13.1. The van der Waals surface area contributed by atoms with Crippen LogP contribution in [0.3, 0.4) is 0 Å². The normalized spacial score (nSPS) is 11.4. The van der Waals surface area contributed by atoms with Crippen LogP contribution in [0.5, 0.6) is 0 Å². The van der Waals surface area contributed by atoms with Crippen LogP contribution in [0.1, 0.15) is 20.6 Å². The van der Waals surface area contributed by atoms with Gasteiger partial charge in [0.05, 0.1) is 5.03 Å². The van der Waals surface area contributed by atoms with Crippen LogP contribution in [-0.2, 0) is 0 Å². The Bertz CT molecular complexity index is 1170. The molecule has 2 aromatic heterocycles. The molecule has 1 N–H and O–H groups in total. The molecular weight excluding hydrogens is 413 g/mol. The van der Waals surface area contributed by atoms with E-state index in [1.165, 1.54) is 12.1 Å². The zero-order chi connectivity index (χ0) is 20.2. The van der Waals surface area contributed by atoms with Crippen molar-refractivity contribution in [2.45, 2.75) is 0 Å². The van der Waals surface area contributed by atoms with Gasteiger partial charge in [0.1, 0.15) is 17.3 Å². The van der Waals surface area contributed by atoms with Gasteiger partial charge in [-0.05, 0) is 48.5 Å². The summed E-state index contributed by atoms with van der Waals surface area (Å²) in [5, 5.41) is 11.5. The first kappa shape index (κ1) is 19.0. The number of furan rings is 1. The Morgan fingerprint density at radius 2 is 1.72 bits per heavy atom. The van der Waals surface area contributed by atoms with Gasteiger partial charge in [0.2, 0.25) is 5.01 Å². The number of hydrogen-bond donors (Lipinski definition) is 1. The number of amides is 1. The van der Waals surface area contributed by atoms with Gasteiger partial charge < -0.3 is 9.73 Å². The van der Waals surface area contributed by atoms with Crippen LogP contribution in [0.4, 0.5) is 10.1 Å². The molecule has 0 aliphatic rings. The highest BCUT2D eigenvalue weighted by atomic mass is 35.5. The van der Waals surface area contributed by atoms with Gasteiger partial charge in [-0.1, -0.05) is 41.1 Å². The molecule has 0 spiro atoms. The Hall–Kier alpha value is -3.29. The standard InChI is InChI=1S/C21H13ClFN3O2S/c22-17(12-16-10-11-18(28-16)13-6-8-14(23)9-7-13)20-25-26-21(29-20)19(27)24-15-4-2-1-3-5-15/h1-12H,(H,24,27). The lowest BCUT2D eigenvalue weighted by Crippen LogP contribution is -2.11. The molecule has 0 bridgehead atoms. The van der Waals surface area contributed by atoms with Gasteiger partial charge in [-0.25, -0.2) is 4.39 Å². The number of hydrogen-bond acceptors (Lipinski definition) is 5. The third-order valence-corrected chi connectivity index (χ3v) is 5.24. The van der Waals surface area contributed by atoms with Gasteiger partial charge in [-0.2, -0.15) is 0 Å². The Balaban J connectivity index is 1.48. The van der Waals surface area contributed by atoms with E-state index in [-0.39, 0.29) is 16.7 Å². The molecular formula is C21H13ClFN3O2S. The fourth-order valence-electron chi connectivity index (χ4n) is 2.50. The van der Waals surface area contributed by atoms with Crippen molar-refractivity contribution in [1.29, 1.82) is 0 Å². The molecule has 0 fully saturated rings. The Kier molecular flexibility index (Phi) is 5.50. The lowest BCUT2D eigenvalue weighted by molar-refractivity contribution is 0.102. The number of halogens is 2. The lowest BCUT2D eigenvalue weighted by Gasteiger charge is -2.00. The second-order valence-corrected chi connectivity index (χ2v) is 7.32. The molecule has 144 valence electrons. The summed E-state index contributed by atoms with van der Waals surface area (Å²) in [6, 6.07) is 18.6. The molecule has 4 rings (SSSR count). The Morgan fingerprint density at radius 1 is 1.00 bits per heavy atom. The van der Waals surface area contributed by atoms with Gasteiger partial charge in [-0.3, -0.25) is 4.79 Å². The smallest absolute Gasteiger partial charge is 0.286 e. The second kappa shape index (κ2) is 8.38. The van der Waals surface area contributed by atoms with Crippen LogP contribution in [0.25, 0.3) is 22.4 Å². The summed E-state index contributed by atoms with van der Waals surface area (Å²) in [6.45, 7) is 0. The number of para-hydroxylation sites is 1. The SMILES string of the molecule is O=C(Nc1ccccc1)c1nnc(C(Cl)=Cc2ccc(-c3ccc(F)cc3)o2)s1. The summed E-state index contributed by atoms with van der Waals surface area (Å²) < 4.78 is 18.8. The van der Waals surface area contributed by atoms with E-state index in [9.17, 15) is 9.18 Å². The molecule has 1 amide bonds. The number of carbonyl (C=O) groups excluding carboxylic acids is 1. The van der Waals surface area contributed by atoms with E-state index in [0.717, 1.165) is 16.9 Å². The Morgan fingerprint density at radius 3 is 2.48 bits per heavy atom. The number of nitrogens with zero attached hydrogens (tertiary/aromatic N) is 2. The summed E-state index contributed by atoms with van der Waals surface area (Å²) >= 11 is 7.40. The first-order valence-corrected chi connectivity index (χ1v) is 9.71. The van der Waals surface area contributed by atoms with Crippen molar-refractivity contribution in [1.82, 2.24) is 10.2 Å². The summed E-state index contributed by atoms with van der Waals surface area (Å²) in [7, 11) is 0. The second-order valence-electron chi connectivity index (χ2n) is 5.93. The Labute approximate surface area is 174 Å². The molecule has 8 heteroatoms. The van der Waals surface area contributed by atoms with Crippen molar-refractivity contribution in [3.05, 3.63) is 88.3 Å². The van der Waals surface area contributed by atoms with Crippen LogP contribution >= 0.6 is 22.9 Å². The monoisotopic (exact) mass is 425 g/mol. The molecule has 29 heavy (non-hydrogen) atoms. The molecule has 2 aromatic carbocycles. The minimum absolute atomic E-state index is 0.196. The van der Waals surface area contributed by atoms with Gasteiger partial charge in [-0.15, -0.1) is 10.2 Å². The zero-order valence-corrected chi connectivity index (χ0v) is 16.4. The number of carbonyl (C=O) groups is 1. The predicted molar refractivity (Wildman–Crippen MR) is 112 cm³/mol. The van der Waals surface area contributed by atoms with Gasteiger partial charge in [0, 0.05) is 17.3 Å². The van der Waals surface area contributed by atoms with Gasteiger partial charge in [0.15, 0.2) is 5.01 Å².